The third kappa shape index (κ3) is 3.23. The van der Waals surface area contributed by atoms with Crippen molar-refractivity contribution in [2.75, 3.05) is 5.32 Å². The minimum Gasteiger partial charge on any atom is -0.341 e. The smallest absolute Gasteiger partial charge is 0.169 e. The van der Waals surface area contributed by atoms with E-state index < -0.39 is 0 Å². The average Bonchev–Trinajstić information content (AvgIpc) is 3.38. The molecule has 3 heterocycles. The van der Waals surface area contributed by atoms with E-state index in [1.807, 2.05) is 40.8 Å². The molecule has 0 bridgehead atoms. The molecule has 0 aliphatic carbocycles. The maximum Gasteiger partial charge on any atom is 0.169 e. The molecule has 2 aromatic carbocycles. The van der Waals surface area contributed by atoms with Crippen LogP contribution in [0.25, 0.3) is 28.2 Å². The quantitative estimate of drug-likeness (QED) is 0.418. The molecule has 0 saturated heterocycles. The first-order valence-corrected chi connectivity index (χ1v) is 9.54. The fraction of sp³-hybridized carbons (Fsp3) is 0.0455. The van der Waals surface area contributed by atoms with Gasteiger partial charge < -0.3 is 5.32 Å². The van der Waals surface area contributed by atoms with Crippen molar-refractivity contribution in [3.63, 3.8) is 0 Å². The van der Waals surface area contributed by atoms with Gasteiger partial charge in [0.25, 0.3) is 0 Å². The first-order chi connectivity index (χ1) is 14.2. The lowest BCUT2D eigenvalue weighted by Crippen LogP contribution is -1.94. The summed E-state index contributed by atoms with van der Waals surface area (Å²) in [5, 5.41) is 19.5. The van der Waals surface area contributed by atoms with E-state index in [1.54, 1.807) is 6.20 Å². The Kier molecular flexibility index (Phi) is 4.26. The van der Waals surface area contributed by atoms with Crippen molar-refractivity contribution in [3.8, 4) is 22.5 Å². The van der Waals surface area contributed by atoms with Gasteiger partial charge in [0, 0.05) is 23.5 Å². The van der Waals surface area contributed by atoms with Crippen LogP contribution in [0.5, 0.6) is 0 Å². The summed E-state index contributed by atoms with van der Waals surface area (Å²) in [5.74, 6) is 1.58. The molecule has 29 heavy (non-hydrogen) atoms. The Morgan fingerprint density at radius 2 is 1.86 bits per heavy atom. The monoisotopic (exact) mass is 400 g/mol. The van der Waals surface area contributed by atoms with E-state index in [4.69, 9.17) is 11.6 Å². The number of fused-ring (bicyclic) bond motifs is 1. The average molecular weight is 401 g/mol. The summed E-state index contributed by atoms with van der Waals surface area (Å²) < 4.78 is 1.98. The highest BCUT2D eigenvalue weighted by Crippen LogP contribution is 2.30. The number of halogens is 1. The largest absolute Gasteiger partial charge is 0.341 e. The van der Waals surface area contributed by atoms with Gasteiger partial charge in [0.05, 0.1) is 11.2 Å². The molecule has 0 aliphatic rings. The number of rotatable bonds is 4. The lowest BCUT2D eigenvalue weighted by molar-refractivity contribution is 1.09. The van der Waals surface area contributed by atoms with Crippen LogP contribution in [0.3, 0.4) is 0 Å². The molecule has 0 atom stereocenters. The van der Waals surface area contributed by atoms with Gasteiger partial charge in [-0.25, -0.2) is 0 Å². The number of nitrogens with zero attached hydrogens (tertiary/aromatic N) is 4. The van der Waals surface area contributed by atoms with Crippen LogP contribution in [0.15, 0.2) is 73.1 Å². The van der Waals surface area contributed by atoms with Crippen molar-refractivity contribution >= 4 is 28.8 Å². The molecule has 142 valence electrons. The van der Waals surface area contributed by atoms with Crippen molar-refractivity contribution in [2.45, 2.75) is 6.92 Å². The highest BCUT2D eigenvalue weighted by Gasteiger charge is 2.13. The summed E-state index contributed by atoms with van der Waals surface area (Å²) in [6.45, 7) is 2.10. The predicted octanol–water partition coefficient (Wildman–Crippen LogP) is 5.49. The predicted molar refractivity (Wildman–Crippen MR) is 115 cm³/mol. The normalized spacial score (nSPS) is 11.1. The number of benzene rings is 2. The topological polar surface area (TPSA) is 70.9 Å². The highest BCUT2D eigenvalue weighted by atomic mass is 35.5. The van der Waals surface area contributed by atoms with E-state index in [2.05, 4.69) is 63.1 Å². The van der Waals surface area contributed by atoms with Gasteiger partial charge in [-0.15, -0.1) is 10.2 Å². The fourth-order valence-corrected chi connectivity index (χ4v) is 3.64. The van der Waals surface area contributed by atoms with Gasteiger partial charge in [-0.3, -0.25) is 9.50 Å². The molecule has 3 aromatic heterocycles. The van der Waals surface area contributed by atoms with E-state index in [0.717, 1.165) is 45.2 Å². The molecule has 0 fully saturated rings. The van der Waals surface area contributed by atoms with Crippen LogP contribution >= 0.6 is 11.6 Å². The maximum absolute atomic E-state index is 6.38. The van der Waals surface area contributed by atoms with E-state index in [1.165, 1.54) is 0 Å². The summed E-state index contributed by atoms with van der Waals surface area (Å²) in [6.07, 6.45) is 3.77. The van der Waals surface area contributed by atoms with Gasteiger partial charge in [-0.1, -0.05) is 29.8 Å². The Morgan fingerprint density at radius 1 is 0.966 bits per heavy atom. The van der Waals surface area contributed by atoms with Crippen molar-refractivity contribution in [2.24, 2.45) is 0 Å². The zero-order valence-electron chi connectivity index (χ0n) is 15.6. The zero-order chi connectivity index (χ0) is 19.8. The zero-order valence-corrected chi connectivity index (χ0v) is 16.4. The number of aromatic amines is 1. The molecule has 0 unspecified atom stereocenters. The second-order valence-corrected chi connectivity index (χ2v) is 7.18. The molecule has 6 nitrogen and oxygen atoms in total. The van der Waals surface area contributed by atoms with Crippen LogP contribution in [0.1, 0.15) is 5.56 Å². The van der Waals surface area contributed by atoms with Gasteiger partial charge >= 0.3 is 0 Å². The molecule has 2 N–H and O–H groups in total. The third-order valence-electron chi connectivity index (χ3n) is 4.83. The molecule has 5 aromatic rings. The Balaban J connectivity index is 1.55. The fourth-order valence-electron chi connectivity index (χ4n) is 3.42. The number of pyridine rings is 1. The number of H-pyrrole nitrogens is 1. The number of aryl methyl sites for hydroxylation is 1. The standard InChI is InChI=1S/C22H17ClN6/c1-14-12-16(25-20-10-11-24-26-20)7-8-17(14)15-6-9-21-27-28-22(29(21)13-15)18-4-2-3-5-19(18)23/h2-13H,1H3,(H2,24,25,26). The summed E-state index contributed by atoms with van der Waals surface area (Å²) in [4.78, 5) is 0. The number of anilines is 2. The Hall–Kier alpha value is -3.64. The highest BCUT2D eigenvalue weighted by molar-refractivity contribution is 6.33. The SMILES string of the molecule is Cc1cc(Nc2ccn[nH]2)ccc1-c1ccc2nnc(-c3ccccc3Cl)n2c1. The van der Waals surface area contributed by atoms with E-state index in [-0.39, 0.29) is 0 Å². The maximum atomic E-state index is 6.38. The molecule has 0 radical (unpaired) electrons. The van der Waals surface area contributed by atoms with Gasteiger partial charge in [0.1, 0.15) is 5.82 Å². The molecule has 7 heteroatoms. The van der Waals surface area contributed by atoms with Crippen LogP contribution in [0.4, 0.5) is 11.5 Å². The third-order valence-corrected chi connectivity index (χ3v) is 5.16. The first-order valence-electron chi connectivity index (χ1n) is 9.16. The summed E-state index contributed by atoms with van der Waals surface area (Å²) >= 11 is 6.38. The minimum atomic E-state index is 0.651. The van der Waals surface area contributed by atoms with Crippen LogP contribution in [0, 0.1) is 6.92 Å². The molecule has 0 saturated carbocycles. The van der Waals surface area contributed by atoms with Crippen LogP contribution in [0.2, 0.25) is 5.02 Å². The van der Waals surface area contributed by atoms with Gasteiger partial charge in [0.2, 0.25) is 0 Å². The van der Waals surface area contributed by atoms with Crippen LogP contribution in [-0.4, -0.2) is 24.8 Å². The number of nitrogens with one attached hydrogen (secondary N) is 2. The lowest BCUT2D eigenvalue weighted by Gasteiger charge is -2.11. The molecule has 0 amide bonds. The van der Waals surface area contributed by atoms with Crippen molar-refractivity contribution < 1.29 is 0 Å². The molecule has 0 spiro atoms. The minimum absolute atomic E-state index is 0.651. The lowest BCUT2D eigenvalue weighted by atomic mass is 10.0. The molecular formula is C22H17ClN6. The van der Waals surface area contributed by atoms with Crippen molar-refractivity contribution in [1.29, 1.82) is 0 Å². The Morgan fingerprint density at radius 3 is 2.66 bits per heavy atom. The molecule has 0 aliphatic heterocycles. The van der Waals surface area contributed by atoms with E-state index >= 15 is 0 Å². The van der Waals surface area contributed by atoms with Crippen molar-refractivity contribution in [1.82, 2.24) is 24.8 Å². The Labute approximate surface area is 172 Å². The van der Waals surface area contributed by atoms with Gasteiger partial charge in [-0.05, 0) is 60.0 Å². The van der Waals surface area contributed by atoms with Gasteiger partial charge in [0.15, 0.2) is 11.5 Å². The van der Waals surface area contributed by atoms with Crippen LogP contribution < -0.4 is 5.32 Å². The van der Waals surface area contributed by atoms with E-state index in [0.29, 0.717) is 5.02 Å². The number of aromatic nitrogens is 5. The van der Waals surface area contributed by atoms with Crippen molar-refractivity contribution in [3.05, 3.63) is 83.6 Å². The summed E-state index contributed by atoms with van der Waals surface area (Å²) in [7, 11) is 0. The number of hydrogen-bond donors (Lipinski definition) is 2. The first kappa shape index (κ1) is 17.5. The van der Waals surface area contributed by atoms with Crippen LogP contribution in [-0.2, 0) is 0 Å². The number of hydrogen-bond acceptors (Lipinski definition) is 4. The van der Waals surface area contributed by atoms with E-state index in [9.17, 15) is 0 Å². The molecular weight excluding hydrogens is 384 g/mol. The second kappa shape index (κ2) is 7.07. The molecule has 5 rings (SSSR count). The Bertz CT molecular complexity index is 1310. The second-order valence-electron chi connectivity index (χ2n) is 6.77. The summed E-state index contributed by atoms with van der Waals surface area (Å²) in [6, 6.07) is 19.8. The van der Waals surface area contributed by atoms with Gasteiger partial charge in [-0.2, -0.15) is 5.10 Å². The summed E-state index contributed by atoms with van der Waals surface area (Å²) in [5.41, 5.74) is 6.00.